The van der Waals surface area contributed by atoms with Gasteiger partial charge in [0.05, 0.1) is 16.7 Å². The zero-order valence-electron chi connectivity index (χ0n) is 10.1. The number of benzene rings is 1. The lowest BCUT2D eigenvalue weighted by molar-refractivity contribution is 0.456. The van der Waals surface area contributed by atoms with E-state index in [1.54, 1.807) is 24.3 Å². The van der Waals surface area contributed by atoms with Gasteiger partial charge in [-0.2, -0.15) is 5.26 Å². The average Bonchev–Trinajstić information content (AvgIpc) is 2.35. The second-order valence-corrected chi connectivity index (χ2v) is 4.40. The maximum absolute atomic E-state index is 8.88. The number of hydrogen-bond acceptors (Lipinski definition) is 3. The van der Waals surface area contributed by atoms with Gasteiger partial charge < -0.3 is 4.74 Å². The molecule has 0 fully saturated rings. The summed E-state index contributed by atoms with van der Waals surface area (Å²) >= 11 is 5.76. The van der Waals surface area contributed by atoms with Gasteiger partial charge in [-0.1, -0.05) is 11.6 Å². The normalized spacial score (nSPS) is 9.89. The topological polar surface area (TPSA) is 45.9 Å². The first-order valence-electron chi connectivity index (χ1n) is 5.41. The van der Waals surface area contributed by atoms with Crippen molar-refractivity contribution < 1.29 is 4.74 Å². The molecule has 0 saturated heterocycles. The van der Waals surface area contributed by atoms with E-state index in [0.29, 0.717) is 16.5 Å². The highest BCUT2D eigenvalue weighted by atomic mass is 35.5. The molecular weight excluding hydrogens is 248 g/mol. The Morgan fingerprint density at radius 1 is 1.22 bits per heavy atom. The van der Waals surface area contributed by atoms with E-state index in [4.69, 9.17) is 21.6 Å². The van der Waals surface area contributed by atoms with Crippen LogP contribution in [0.3, 0.4) is 0 Å². The molecule has 18 heavy (non-hydrogen) atoms. The smallest absolute Gasteiger partial charge is 0.219 e. The van der Waals surface area contributed by atoms with Crippen LogP contribution in [0.25, 0.3) is 0 Å². The lowest BCUT2D eigenvalue weighted by Gasteiger charge is -2.11. The third kappa shape index (κ3) is 2.61. The molecule has 90 valence electrons. The van der Waals surface area contributed by atoms with Crippen LogP contribution in [0.1, 0.15) is 16.7 Å². The summed E-state index contributed by atoms with van der Waals surface area (Å²) < 4.78 is 5.72. The van der Waals surface area contributed by atoms with Crippen LogP contribution in [0.4, 0.5) is 0 Å². The zero-order valence-corrected chi connectivity index (χ0v) is 10.8. The van der Waals surface area contributed by atoms with Crippen LogP contribution in [0, 0.1) is 25.2 Å². The molecule has 0 atom stereocenters. The van der Waals surface area contributed by atoms with Crippen LogP contribution in [0.5, 0.6) is 11.6 Å². The van der Waals surface area contributed by atoms with Gasteiger partial charge in [-0.3, -0.25) is 0 Å². The van der Waals surface area contributed by atoms with Gasteiger partial charge in [0, 0.05) is 12.3 Å². The summed E-state index contributed by atoms with van der Waals surface area (Å²) in [6.45, 7) is 3.80. The fourth-order valence-corrected chi connectivity index (χ4v) is 1.81. The highest BCUT2D eigenvalue weighted by Crippen LogP contribution is 2.29. The van der Waals surface area contributed by atoms with Crippen LogP contribution in [-0.4, -0.2) is 4.98 Å². The molecule has 3 nitrogen and oxygen atoms in total. The summed E-state index contributed by atoms with van der Waals surface area (Å²) in [5.41, 5.74) is 2.44. The first-order chi connectivity index (χ1) is 8.60. The Morgan fingerprint density at radius 2 is 1.89 bits per heavy atom. The summed E-state index contributed by atoms with van der Waals surface area (Å²) in [5, 5.41) is 9.45. The predicted molar refractivity (Wildman–Crippen MR) is 70.0 cm³/mol. The molecule has 0 aliphatic heterocycles. The first kappa shape index (κ1) is 12.4. The van der Waals surface area contributed by atoms with Crippen molar-refractivity contribution in [3.63, 3.8) is 0 Å². The van der Waals surface area contributed by atoms with Gasteiger partial charge in [0.15, 0.2) is 0 Å². The van der Waals surface area contributed by atoms with Crippen LogP contribution in [0.15, 0.2) is 30.5 Å². The van der Waals surface area contributed by atoms with E-state index in [0.717, 1.165) is 16.9 Å². The third-order valence-electron chi connectivity index (χ3n) is 2.50. The molecule has 2 aromatic rings. The molecule has 0 spiro atoms. The molecule has 0 N–H and O–H groups in total. The summed E-state index contributed by atoms with van der Waals surface area (Å²) in [6.07, 6.45) is 1.53. The molecule has 0 aliphatic carbocycles. The van der Waals surface area contributed by atoms with Crippen LogP contribution < -0.4 is 4.74 Å². The van der Waals surface area contributed by atoms with E-state index in [2.05, 4.69) is 11.1 Å². The number of pyridine rings is 1. The molecule has 1 aromatic carbocycles. The second-order valence-electron chi connectivity index (χ2n) is 3.97. The molecule has 0 bridgehead atoms. The SMILES string of the molecule is Cc1cc(C#N)cc(C)c1Oc1ccc(Cl)cn1. The number of hydrogen-bond donors (Lipinski definition) is 0. The predicted octanol–water partition coefficient (Wildman–Crippen LogP) is 4.02. The van der Waals surface area contributed by atoms with Gasteiger partial charge in [0.2, 0.25) is 5.88 Å². The number of rotatable bonds is 2. The fraction of sp³-hybridized carbons (Fsp3) is 0.143. The summed E-state index contributed by atoms with van der Waals surface area (Å²) in [6, 6.07) is 9.13. The Kier molecular flexibility index (Phi) is 3.50. The van der Waals surface area contributed by atoms with Crippen molar-refractivity contribution in [3.05, 3.63) is 52.2 Å². The Morgan fingerprint density at radius 3 is 2.39 bits per heavy atom. The number of nitriles is 1. The molecule has 2 rings (SSSR count). The van der Waals surface area contributed by atoms with E-state index in [1.165, 1.54) is 6.20 Å². The number of ether oxygens (including phenoxy) is 1. The molecule has 0 saturated carbocycles. The third-order valence-corrected chi connectivity index (χ3v) is 2.72. The Balaban J connectivity index is 2.35. The second kappa shape index (κ2) is 5.07. The van der Waals surface area contributed by atoms with Crippen LogP contribution >= 0.6 is 11.6 Å². The molecular formula is C14H11ClN2O. The minimum absolute atomic E-state index is 0.482. The van der Waals surface area contributed by atoms with E-state index in [9.17, 15) is 0 Å². The van der Waals surface area contributed by atoms with Crippen molar-refractivity contribution in [2.75, 3.05) is 0 Å². The van der Waals surface area contributed by atoms with Gasteiger partial charge in [0.1, 0.15) is 5.75 Å². The number of nitrogens with zero attached hydrogens (tertiary/aromatic N) is 2. The van der Waals surface area contributed by atoms with Gasteiger partial charge in [-0.15, -0.1) is 0 Å². The number of halogens is 1. The van der Waals surface area contributed by atoms with Crippen molar-refractivity contribution >= 4 is 11.6 Å². The van der Waals surface area contributed by atoms with Crippen molar-refractivity contribution in [1.82, 2.24) is 4.98 Å². The van der Waals surface area contributed by atoms with Crippen molar-refractivity contribution in [2.45, 2.75) is 13.8 Å². The van der Waals surface area contributed by atoms with E-state index >= 15 is 0 Å². The standard InChI is InChI=1S/C14H11ClN2O/c1-9-5-11(7-16)6-10(2)14(9)18-13-4-3-12(15)8-17-13/h3-6,8H,1-2H3. The maximum atomic E-state index is 8.88. The number of aryl methyl sites for hydroxylation is 2. The molecule has 4 heteroatoms. The lowest BCUT2D eigenvalue weighted by Crippen LogP contribution is -1.94. The Hall–Kier alpha value is -2.05. The molecule has 1 aromatic heterocycles. The first-order valence-corrected chi connectivity index (χ1v) is 5.78. The van der Waals surface area contributed by atoms with E-state index in [-0.39, 0.29) is 0 Å². The highest BCUT2D eigenvalue weighted by molar-refractivity contribution is 6.30. The highest BCUT2D eigenvalue weighted by Gasteiger charge is 2.08. The van der Waals surface area contributed by atoms with Crippen molar-refractivity contribution in [1.29, 1.82) is 5.26 Å². The van der Waals surface area contributed by atoms with E-state index < -0.39 is 0 Å². The average molecular weight is 259 g/mol. The molecule has 0 radical (unpaired) electrons. The quantitative estimate of drug-likeness (QED) is 0.817. The molecule has 1 heterocycles. The minimum atomic E-state index is 0.482. The van der Waals surface area contributed by atoms with Gasteiger partial charge in [-0.05, 0) is 43.2 Å². The largest absolute Gasteiger partial charge is 0.438 e. The molecule has 0 aliphatic rings. The summed E-state index contributed by atoms with van der Waals surface area (Å²) in [4.78, 5) is 4.08. The van der Waals surface area contributed by atoms with Crippen LogP contribution in [-0.2, 0) is 0 Å². The minimum Gasteiger partial charge on any atom is -0.438 e. The Bertz CT molecular complexity index is 592. The van der Waals surface area contributed by atoms with Gasteiger partial charge in [-0.25, -0.2) is 4.98 Å². The van der Waals surface area contributed by atoms with Crippen molar-refractivity contribution in [3.8, 4) is 17.7 Å². The summed E-state index contributed by atoms with van der Waals surface area (Å²) in [7, 11) is 0. The van der Waals surface area contributed by atoms with Gasteiger partial charge >= 0.3 is 0 Å². The molecule has 0 unspecified atom stereocenters. The number of aromatic nitrogens is 1. The van der Waals surface area contributed by atoms with Gasteiger partial charge in [0.25, 0.3) is 0 Å². The lowest BCUT2D eigenvalue weighted by atomic mass is 10.1. The van der Waals surface area contributed by atoms with Crippen molar-refractivity contribution in [2.24, 2.45) is 0 Å². The monoisotopic (exact) mass is 258 g/mol. The Labute approximate surface area is 111 Å². The van der Waals surface area contributed by atoms with Crippen LogP contribution in [0.2, 0.25) is 5.02 Å². The zero-order chi connectivity index (χ0) is 13.1. The molecule has 0 amide bonds. The summed E-state index contributed by atoms with van der Waals surface area (Å²) in [5.74, 6) is 1.21. The fourth-order valence-electron chi connectivity index (χ4n) is 1.70. The maximum Gasteiger partial charge on any atom is 0.219 e. The van der Waals surface area contributed by atoms with E-state index in [1.807, 2.05) is 13.8 Å².